The van der Waals surface area contributed by atoms with E-state index >= 15 is 0 Å². The van der Waals surface area contributed by atoms with Crippen LogP contribution in [0.5, 0.6) is 0 Å². The third-order valence-corrected chi connectivity index (χ3v) is 2.68. The summed E-state index contributed by atoms with van der Waals surface area (Å²) in [7, 11) is 0. The van der Waals surface area contributed by atoms with Crippen molar-refractivity contribution in [3.63, 3.8) is 0 Å². The Kier molecular flexibility index (Phi) is 3.17. The molecule has 0 radical (unpaired) electrons. The predicted molar refractivity (Wildman–Crippen MR) is 74.9 cm³/mol. The first kappa shape index (κ1) is 13.9. The maximum atomic E-state index is 12.2. The van der Waals surface area contributed by atoms with E-state index in [1.807, 2.05) is 0 Å². The summed E-state index contributed by atoms with van der Waals surface area (Å²) >= 11 is 0. The van der Waals surface area contributed by atoms with Crippen molar-refractivity contribution in [3.05, 3.63) is 30.0 Å². The lowest BCUT2D eigenvalue weighted by molar-refractivity contribution is 0.0544. The molecule has 3 N–H and O–H groups in total. The van der Waals surface area contributed by atoms with Gasteiger partial charge in [0, 0.05) is 11.6 Å². The van der Waals surface area contributed by atoms with Gasteiger partial charge in [0.1, 0.15) is 5.60 Å². The Hall–Kier alpha value is -2.50. The van der Waals surface area contributed by atoms with E-state index in [4.69, 9.17) is 10.5 Å². The van der Waals surface area contributed by atoms with Gasteiger partial charge in [0.05, 0.1) is 16.8 Å². The molecule has 0 fully saturated rings. The number of nitrogens with zero attached hydrogens (tertiary/aromatic N) is 1. The normalized spacial score (nSPS) is 11.6. The van der Waals surface area contributed by atoms with Crippen LogP contribution in [0.15, 0.2) is 24.4 Å². The number of carbonyl (C=O) groups excluding carboxylic acids is 1. The number of para-hydroxylation sites is 1. The maximum absolute atomic E-state index is 12.2. The first-order chi connectivity index (χ1) is 9.20. The highest BCUT2D eigenvalue weighted by molar-refractivity contribution is 6.09. The van der Waals surface area contributed by atoms with Gasteiger partial charge in [-0.1, -0.05) is 12.1 Å². The van der Waals surface area contributed by atoms with Gasteiger partial charge in [-0.15, -0.1) is 0 Å². The molecule has 1 heterocycles. The molecule has 0 saturated heterocycles. The Labute approximate surface area is 115 Å². The van der Waals surface area contributed by atoms with Crippen molar-refractivity contribution >= 4 is 28.7 Å². The predicted octanol–water partition coefficient (Wildman–Crippen LogP) is 2.70. The van der Waals surface area contributed by atoms with Gasteiger partial charge >= 0.3 is 12.1 Å². The number of fused-ring (bicyclic) bond motifs is 1. The smallest absolute Gasteiger partial charge is 0.419 e. The summed E-state index contributed by atoms with van der Waals surface area (Å²) < 4.78 is 6.39. The molecule has 0 amide bonds. The average molecular weight is 276 g/mol. The number of hydrogen-bond acceptors (Lipinski definition) is 4. The number of nitrogen functional groups attached to an aromatic ring is 1. The molecule has 106 valence electrons. The molecule has 2 aromatic rings. The summed E-state index contributed by atoms with van der Waals surface area (Å²) in [6, 6.07) is 4.86. The molecule has 0 atom stereocenters. The lowest BCUT2D eigenvalue weighted by Gasteiger charge is -2.20. The molecular formula is C14H16N2O4. The first-order valence-corrected chi connectivity index (χ1v) is 6.07. The van der Waals surface area contributed by atoms with Crippen molar-refractivity contribution in [2.45, 2.75) is 26.4 Å². The molecule has 0 aliphatic rings. The summed E-state index contributed by atoms with van der Waals surface area (Å²) in [4.78, 5) is 23.4. The number of carboxylic acid groups (broad SMARTS) is 1. The summed E-state index contributed by atoms with van der Waals surface area (Å²) in [5.74, 6) is -1.12. The van der Waals surface area contributed by atoms with E-state index in [1.165, 1.54) is 6.20 Å². The van der Waals surface area contributed by atoms with Crippen LogP contribution in [0.3, 0.4) is 0 Å². The lowest BCUT2D eigenvalue weighted by atomic mass is 10.1. The topological polar surface area (TPSA) is 94.5 Å². The molecule has 0 aliphatic carbocycles. The van der Waals surface area contributed by atoms with Crippen LogP contribution in [0.1, 0.15) is 31.1 Å². The molecule has 1 aromatic carbocycles. The van der Waals surface area contributed by atoms with Gasteiger partial charge in [-0.2, -0.15) is 0 Å². The standard InChI is InChI=1S/C14H16N2O4/c1-14(2,3)20-13(19)16-7-9(12(17)18)8-5-4-6-10(15)11(8)16/h4-7H,15H2,1-3H3,(H,17,18). The molecule has 0 unspecified atom stereocenters. The van der Waals surface area contributed by atoms with E-state index in [1.54, 1.807) is 39.0 Å². The molecule has 0 aliphatic heterocycles. The van der Waals surface area contributed by atoms with Gasteiger partial charge < -0.3 is 15.6 Å². The Bertz CT molecular complexity index is 695. The fourth-order valence-corrected chi connectivity index (χ4v) is 1.94. The number of aromatic carboxylic acids is 1. The molecular weight excluding hydrogens is 260 g/mol. The van der Waals surface area contributed by atoms with Crippen LogP contribution < -0.4 is 5.73 Å². The second-order valence-corrected chi connectivity index (χ2v) is 5.44. The van der Waals surface area contributed by atoms with Gasteiger partial charge in [0.15, 0.2) is 0 Å². The number of carboxylic acids is 1. The number of carbonyl (C=O) groups is 2. The third kappa shape index (κ3) is 2.45. The van der Waals surface area contributed by atoms with Crippen LogP contribution in [0.2, 0.25) is 0 Å². The number of rotatable bonds is 1. The van der Waals surface area contributed by atoms with Crippen molar-refractivity contribution in [1.29, 1.82) is 0 Å². The summed E-state index contributed by atoms with van der Waals surface area (Å²) in [6.07, 6.45) is 0.574. The second kappa shape index (κ2) is 4.56. The van der Waals surface area contributed by atoms with Crippen LogP contribution in [-0.4, -0.2) is 27.3 Å². The zero-order chi connectivity index (χ0) is 15.1. The molecule has 0 bridgehead atoms. The van der Waals surface area contributed by atoms with Crippen molar-refractivity contribution in [2.75, 3.05) is 5.73 Å². The fourth-order valence-electron chi connectivity index (χ4n) is 1.94. The van der Waals surface area contributed by atoms with Gasteiger partial charge in [0.25, 0.3) is 0 Å². The Morgan fingerprint density at radius 2 is 1.95 bits per heavy atom. The average Bonchev–Trinajstić information content (AvgIpc) is 2.67. The monoisotopic (exact) mass is 276 g/mol. The number of benzene rings is 1. The minimum Gasteiger partial charge on any atom is -0.478 e. The summed E-state index contributed by atoms with van der Waals surface area (Å²) in [5, 5.41) is 9.60. The quantitative estimate of drug-likeness (QED) is 0.781. The minimum absolute atomic E-state index is 0.0122. The fraction of sp³-hybridized carbons (Fsp3) is 0.286. The van der Waals surface area contributed by atoms with E-state index in [-0.39, 0.29) is 5.56 Å². The molecule has 0 spiro atoms. The van der Waals surface area contributed by atoms with Crippen molar-refractivity contribution in [3.8, 4) is 0 Å². The van der Waals surface area contributed by atoms with Crippen LogP contribution >= 0.6 is 0 Å². The number of aromatic nitrogens is 1. The van der Waals surface area contributed by atoms with Crippen LogP contribution in [-0.2, 0) is 4.74 Å². The van der Waals surface area contributed by atoms with Gasteiger partial charge in [-0.25, -0.2) is 14.2 Å². The van der Waals surface area contributed by atoms with E-state index in [2.05, 4.69) is 0 Å². The zero-order valence-electron chi connectivity index (χ0n) is 11.5. The summed E-state index contributed by atoms with van der Waals surface area (Å²) in [5.41, 5.74) is 5.85. The Morgan fingerprint density at radius 1 is 1.30 bits per heavy atom. The molecule has 20 heavy (non-hydrogen) atoms. The minimum atomic E-state index is -1.12. The number of hydrogen-bond donors (Lipinski definition) is 2. The Balaban J connectivity index is 2.65. The van der Waals surface area contributed by atoms with Crippen molar-refractivity contribution < 1.29 is 19.4 Å². The van der Waals surface area contributed by atoms with Gasteiger partial charge in [-0.3, -0.25) is 0 Å². The zero-order valence-corrected chi connectivity index (χ0v) is 11.5. The maximum Gasteiger partial charge on any atom is 0.419 e. The number of anilines is 1. The highest BCUT2D eigenvalue weighted by atomic mass is 16.6. The SMILES string of the molecule is CC(C)(C)OC(=O)n1cc(C(=O)O)c2cccc(N)c21. The molecule has 2 rings (SSSR count). The second-order valence-electron chi connectivity index (χ2n) is 5.44. The van der Waals surface area contributed by atoms with E-state index in [0.717, 1.165) is 4.57 Å². The molecule has 6 nitrogen and oxygen atoms in total. The first-order valence-electron chi connectivity index (χ1n) is 6.07. The number of ether oxygens (including phenoxy) is 1. The van der Waals surface area contributed by atoms with E-state index in [0.29, 0.717) is 16.6 Å². The van der Waals surface area contributed by atoms with Gasteiger partial charge in [-0.05, 0) is 26.8 Å². The summed E-state index contributed by atoms with van der Waals surface area (Å²) in [6.45, 7) is 5.20. The molecule has 1 aromatic heterocycles. The Morgan fingerprint density at radius 3 is 2.50 bits per heavy atom. The van der Waals surface area contributed by atoms with Crippen LogP contribution in [0, 0.1) is 0 Å². The van der Waals surface area contributed by atoms with Crippen molar-refractivity contribution in [2.24, 2.45) is 0 Å². The molecule has 0 saturated carbocycles. The highest BCUT2D eigenvalue weighted by Gasteiger charge is 2.23. The third-order valence-electron chi connectivity index (χ3n) is 2.68. The van der Waals surface area contributed by atoms with Crippen molar-refractivity contribution in [1.82, 2.24) is 4.57 Å². The van der Waals surface area contributed by atoms with Crippen LogP contribution in [0.25, 0.3) is 10.9 Å². The largest absolute Gasteiger partial charge is 0.478 e. The highest BCUT2D eigenvalue weighted by Crippen LogP contribution is 2.27. The lowest BCUT2D eigenvalue weighted by Crippen LogP contribution is -2.26. The van der Waals surface area contributed by atoms with E-state index in [9.17, 15) is 14.7 Å². The van der Waals surface area contributed by atoms with Crippen LogP contribution in [0.4, 0.5) is 10.5 Å². The number of nitrogens with two attached hydrogens (primary N) is 1. The van der Waals surface area contributed by atoms with Gasteiger partial charge in [0.2, 0.25) is 0 Å². The van der Waals surface area contributed by atoms with E-state index < -0.39 is 17.7 Å². The molecule has 6 heteroatoms.